The van der Waals surface area contributed by atoms with Crippen LogP contribution in [0.25, 0.3) is 0 Å². The maximum Gasteiger partial charge on any atom is 0.252 e. The summed E-state index contributed by atoms with van der Waals surface area (Å²) in [6.45, 7) is 1.81. The molecular weight excluding hydrogens is 281 g/mol. The van der Waals surface area contributed by atoms with Gasteiger partial charge >= 0.3 is 0 Å². The maximum atomic E-state index is 11.6. The van der Waals surface area contributed by atoms with Crippen molar-refractivity contribution in [3.05, 3.63) is 33.3 Å². The first-order valence-corrected chi connectivity index (χ1v) is 5.59. The number of nitrogens with one attached hydrogen (secondary N) is 1. The summed E-state index contributed by atoms with van der Waals surface area (Å²) in [6, 6.07) is 5.02. The molecule has 1 amide bonds. The van der Waals surface area contributed by atoms with Gasteiger partial charge in [0.15, 0.2) is 0 Å². The third kappa shape index (κ3) is 3.81. The summed E-state index contributed by atoms with van der Waals surface area (Å²) in [4.78, 5) is 11.6. The van der Waals surface area contributed by atoms with E-state index in [1.54, 1.807) is 25.1 Å². The molecule has 0 spiro atoms. The number of benzene rings is 1. The molecule has 0 heterocycles. The molecule has 3 nitrogen and oxygen atoms in total. The molecule has 2 N–H and O–H groups in total. The molecule has 1 aromatic carbocycles. The molecule has 0 saturated carbocycles. The second kappa shape index (κ2) is 5.49. The highest BCUT2D eigenvalue weighted by molar-refractivity contribution is 9.10. The molecule has 82 valence electrons. The minimum Gasteiger partial charge on any atom is -0.392 e. The number of hydrogen-bond acceptors (Lipinski definition) is 2. The smallest absolute Gasteiger partial charge is 0.252 e. The number of rotatable bonds is 3. The van der Waals surface area contributed by atoms with Gasteiger partial charge in [-0.1, -0.05) is 27.5 Å². The van der Waals surface area contributed by atoms with Crippen molar-refractivity contribution < 1.29 is 9.90 Å². The molecule has 1 rings (SSSR count). The predicted octanol–water partition coefficient (Wildman–Crippen LogP) is 2.21. The lowest BCUT2D eigenvalue weighted by Crippen LogP contribution is -2.30. The van der Waals surface area contributed by atoms with Crippen LogP contribution in [0.1, 0.15) is 17.3 Å². The summed E-state index contributed by atoms with van der Waals surface area (Å²) in [6.07, 6.45) is -0.567. The molecule has 5 heteroatoms. The van der Waals surface area contributed by atoms with Crippen LogP contribution in [0.5, 0.6) is 0 Å². The first-order chi connectivity index (χ1) is 7.00. The highest BCUT2D eigenvalue weighted by Gasteiger charge is 2.10. The van der Waals surface area contributed by atoms with Gasteiger partial charge in [0.05, 0.1) is 16.7 Å². The van der Waals surface area contributed by atoms with E-state index in [0.717, 1.165) is 4.47 Å². The SMILES string of the molecule is CC(O)CNC(=O)c1ccc(Br)cc1Cl. The Hall–Kier alpha value is -0.580. The molecule has 0 fully saturated rings. The van der Waals surface area contributed by atoms with E-state index in [-0.39, 0.29) is 12.5 Å². The second-order valence-corrected chi connectivity index (χ2v) is 4.51. The number of halogens is 2. The lowest BCUT2D eigenvalue weighted by molar-refractivity contribution is 0.0924. The molecular formula is C10H11BrClNO2. The molecule has 1 atom stereocenters. The zero-order valence-corrected chi connectivity index (χ0v) is 10.5. The zero-order valence-electron chi connectivity index (χ0n) is 8.13. The molecule has 0 aliphatic carbocycles. The zero-order chi connectivity index (χ0) is 11.4. The Morgan fingerprint density at radius 2 is 2.33 bits per heavy atom. The fourth-order valence-electron chi connectivity index (χ4n) is 1.01. The maximum absolute atomic E-state index is 11.6. The van der Waals surface area contributed by atoms with E-state index >= 15 is 0 Å². The van der Waals surface area contributed by atoms with Crippen molar-refractivity contribution in [1.29, 1.82) is 0 Å². The topological polar surface area (TPSA) is 49.3 Å². The van der Waals surface area contributed by atoms with Gasteiger partial charge in [-0.15, -0.1) is 0 Å². The van der Waals surface area contributed by atoms with Crippen LogP contribution < -0.4 is 5.32 Å². The van der Waals surface area contributed by atoms with Crippen molar-refractivity contribution in [2.45, 2.75) is 13.0 Å². The van der Waals surface area contributed by atoms with Crippen molar-refractivity contribution in [3.63, 3.8) is 0 Å². The van der Waals surface area contributed by atoms with Crippen molar-refractivity contribution in [2.24, 2.45) is 0 Å². The van der Waals surface area contributed by atoms with Crippen molar-refractivity contribution in [2.75, 3.05) is 6.54 Å². The fraction of sp³-hybridized carbons (Fsp3) is 0.300. The summed E-state index contributed by atoms with van der Waals surface area (Å²) < 4.78 is 0.819. The average Bonchev–Trinajstić information content (AvgIpc) is 2.14. The van der Waals surface area contributed by atoms with Crippen LogP contribution in [0.4, 0.5) is 0 Å². The first-order valence-electron chi connectivity index (χ1n) is 4.42. The van der Waals surface area contributed by atoms with Crippen LogP contribution in [-0.4, -0.2) is 23.7 Å². The van der Waals surface area contributed by atoms with Gasteiger partial charge in [0.1, 0.15) is 0 Å². The Balaban J connectivity index is 2.74. The highest BCUT2D eigenvalue weighted by Crippen LogP contribution is 2.21. The normalized spacial score (nSPS) is 12.3. The average molecular weight is 293 g/mol. The molecule has 1 unspecified atom stereocenters. The number of carbonyl (C=O) groups excluding carboxylic acids is 1. The number of aliphatic hydroxyl groups is 1. The molecule has 0 aliphatic heterocycles. The largest absolute Gasteiger partial charge is 0.392 e. The van der Waals surface area contributed by atoms with Crippen LogP contribution >= 0.6 is 27.5 Å². The minimum absolute atomic E-state index is 0.214. The van der Waals surface area contributed by atoms with E-state index in [4.69, 9.17) is 16.7 Å². The summed E-state index contributed by atoms with van der Waals surface area (Å²) in [7, 11) is 0. The number of hydrogen-bond donors (Lipinski definition) is 2. The first kappa shape index (κ1) is 12.5. The van der Waals surface area contributed by atoms with Gasteiger partial charge in [-0.3, -0.25) is 4.79 Å². The molecule has 0 radical (unpaired) electrons. The molecule has 15 heavy (non-hydrogen) atoms. The molecule has 0 bridgehead atoms. The lowest BCUT2D eigenvalue weighted by Gasteiger charge is -2.08. The van der Waals surface area contributed by atoms with E-state index < -0.39 is 6.10 Å². The quantitative estimate of drug-likeness (QED) is 0.897. The Morgan fingerprint density at radius 1 is 1.67 bits per heavy atom. The van der Waals surface area contributed by atoms with E-state index in [0.29, 0.717) is 10.6 Å². The van der Waals surface area contributed by atoms with Crippen molar-refractivity contribution in [3.8, 4) is 0 Å². The summed E-state index contributed by atoms with van der Waals surface area (Å²) in [5, 5.41) is 12.0. The predicted molar refractivity (Wildman–Crippen MR) is 63.2 cm³/mol. The van der Waals surface area contributed by atoms with E-state index in [1.165, 1.54) is 0 Å². The molecule has 0 aromatic heterocycles. The standard InChI is InChI=1S/C10H11BrClNO2/c1-6(14)5-13-10(15)8-3-2-7(11)4-9(8)12/h2-4,6,14H,5H2,1H3,(H,13,15). The van der Waals surface area contributed by atoms with Gasteiger partial charge in [-0.25, -0.2) is 0 Å². The van der Waals surface area contributed by atoms with Crippen molar-refractivity contribution in [1.82, 2.24) is 5.32 Å². The number of carbonyl (C=O) groups is 1. The van der Waals surface area contributed by atoms with Crippen LogP contribution in [0.2, 0.25) is 5.02 Å². The lowest BCUT2D eigenvalue weighted by atomic mass is 10.2. The Labute approximate surface area is 102 Å². The molecule has 1 aromatic rings. The number of aliphatic hydroxyl groups excluding tert-OH is 1. The van der Waals surface area contributed by atoms with Gasteiger partial charge in [0.25, 0.3) is 5.91 Å². The Bertz CT molecular complexity index is 368. The minimum atomic E-state index is -0.567. The molecule has 0 saturated heterocycles. The van der Waals surface area contributed by atoms with Gasteiger partial charge in [-0.2, -0.15) is 0 Å². The van der Waals surface area contributed by atoms with Crippen molar-refractivity contribution >= 4 is 33.4 Å². The summed E-state index contributed by atoms with van der Waals surface area (Å²) in [5.74, 6) is -0.284. The van der Waals surface area contributed by atoms with Crippen LogP contribution in [0, 0.1) is 0 Å². The Kier molecular flexibility index (Phi) is 4.57. The van der Waals surface area contributed by atoms with E-state index in [9.17, 15) is 4.79 Å². The van der Waals surface area contributed by atoms with Crippen LogP contribution in [-0.2, 0) is 0 Å². The molecule has 0 aliphatic rings. The summed E-state index contributed by atoms with van der Waals surface area (Å²) in [5.41, 5.74) is 0.403. The second-order valence-electron chi connectivity index (χ2n) is 3.18. The monoisotopic (exact) mass is 291 g/mol. The van der Waals surface area contributed by atoms with Gasteiger partial charge < -0.3 is 10.4 Å². The van der Waals surface area contributed by atoms with E-state index in [1.807, 2.05) is 0 Å². The van der Waals surface area contributed by atoms with Crippen LogP contribution in [0.3, 0.4) is 0 Å². The number of amides is 1. The third-order valence-electron chi connectivity index (χ3n) is 1.73. The van der Waals surface area contributed by atoms with Crippen LogP contribution in [0.15, 0.2) is 22.7 Å². The van der Waals surface area contributed by atoms with Gasteiger partial charge in [0.2, 0.25) is 0 Å². The van der Waals surface area contributed by atoms with Gasteiger partial charge in [-0.05, 0) is 25.1 Å². The fourth-order valence-corrected chi connectivity index (χ4v) is 1.77. The van der Waals surface area contributed by atoms with E-state index in [2.05, 4.69) is 21.2 Å². The Morgan fingerprint density at radius 3 is 2.87 bits per heavy atom. The third-order valence-corrected chi connectivity index (χ3v) is 2.54. The van der Waals surface area contributed by atoms with Gasteiger partial charge in [0, 0.05) is 11.0 Å². The highest BCUT2D eigenvalue weighted by atomic mass is 79.9. The summed E-state index contributed by atoms with van der Waals surface area (Å²) >= 11 is 9.14.